The average molecular weight is 1070 g/mol. The Hall–Kier alpha value is -2.28. The Morgan fingerprint density at radius 2 is 0.487 bits per heavy atom. The predicted octanol–water partition coefficient (Wildman–Crippen LogP) is 11.4. The van der Waals surface area contributed by atoms with Gasteiger partial charge in [-0.2, -0.15) is 0 Å². The number of piperidine rings is 4. The standard InChI is InChI=1S/4C16H30N2O/c4*1-5-13-12-9-7-6-8-11(12)10-14(17-13)15(19)18-16(2,3)4/h4*11-14,17H,5-10H2,1-4H3,(H,18,19). The SMILES string of the molecule is CCC1NC(C(=O)NC(C)(C)C)CC2CCCCC21.CCC1NC(C(=O)NC(C)(C)C)CC2CCCCC21.CCC1NC(C(=O)NC(C)(C)C)CC2CCCCC21.CCC1NC(C(=O)NC(C)(C)C)CC2CCCCC21. The fourth-order valence-corrected chi connectivity index (χ4v) is 15.5. The maximum Gasteiger partial charge on any atom is 0.237 e. The molecule has 0 aromatic rings. The van der Waals surface area contributed by atoms with Gasteiger partial charge in [0.25, 0.3) is 0 Å². The van der Waals surface area contributed by atoms with Gasteiger partial charge in [-0.1, -0.05) is 105 Å². The highest BCUT2D eigenvalue weighted by molar-refractivity contribution is 5.84. The second-order valence-corrected chi connectivity index (χ2v) is 29.7. The van der Waals surface area contributed by atoms with Crippen molar-refractivity contribution in [2.75, 3.05) is 0 Å². The number of nitrogens with one attached hydrogen (secondary N) is 8. The lowest BCUT2D eigenvalue weighted by Gasteiger charge is -2.45. The Kier molecular flexibility index (Phi) is 24.6. The summed E-state index contributed by atoms with van der Waals surface area (Å²) in [4.78, 5) is 49.5. The number of rotatable bonds is 8. The van der Waals surface area contributed by atoms with E-state index in [0.717, 1.165) is 98.7 Å². The van der Waals surface area contributed by atoms with E-state index in [1.54, 1.807) is 0 Å². The molecule has 0 spiro atoms. The fraction of sp³-hybridized carbons (Fsp3) is 0.938. The maximum absolute atomic E-state index is 12.4. The van der Waals surface area contributed by atoms with Crippen molar-refractivity contribution in [3.05, 3.63) is 0 Å². The molecule has 8 N–H and O–H groups in total. The van der Waals surface area contributed by atoms with E-state index < -0.39 is 0 Å². The van der Waals surface area contributed by atoms with E-state index in [-0.39, 0.29) is 70.0 Å². The van der Waals surface area contributed by atoms with Crippen molar-refractivity contribution >= 4 is 23.6 Å². The summed E-state index contributed by atoms with van der Waals surface area (Å²) < 4.78 is 0. The van der Waals surface area contributed by atoms with Crippen molar-refractivity contribution < 1.29 is 19.2 Å². The van der Waals surface area contributed by atoms with E-state index in [9.17, 15) is 19.2 Å². The molecule has 0 aromatic heterocycles. The molecular formula is C64H120N8O4. The molecule has 16 atom stereocenters. The summed E-state index contributed by atoms with van der Waals surface area (Å²) in [5.41, 5.74) is -0.540. The van der Waals surface area contributed by atoms with Crippen molar-refractivity contribution in [2.24, 2.45) is 47.3 Å². The molecule has 4 saturated heterocycles. The van der Waals surface area contributed by atoms with Gasteiger partial charge in [-0.3, -0.25) is 19.2 Å². The average Bonchev–Trinajstić information content (AvgIpc) is 3.35. The zero-order valence-electron chi connectivity index (χ0n) is 51.8. The summed E-state index contributed by atoms with van der Waals surface area (Å²) in [5.74, 6) is 7.01. The normalized spacial score (nSPS) is 35.6. The van der Waals surface area contributed by atoms with Crippen LogP contribution in [0.2, 0.25) is 0 Å². The Balaban J connectivity index is 0.000000187. The molecule has 0 radical (unpaired) electrons. The first kappa shape index (κ1) is 64.5. The zero-order valence-corrected chi connectivity index (χ0v) is 51.8. The molecule has 4 aliphatic heterocycles. The number of fused-ring (bicyclic) bond motifs is 4. The van der Waals surface area contributed by atoms with Crippen LogP contribution in [-0.2, 0) is 19.2 Å². The molecule has 76 heavy (non-hydrogen) atoms. The molecule has 12 nitrogen and oxygen atoms in total. The third kappa shape index (κ3) is 20.1. The molecule has 4 heterocycles. The Labute approximate surface area is 466 Å². The van der Waals surface area contributed by atoms with Gasteiger partial charge in [0.2, 0.25) is 23.6 Å². The van der Waals surface area contributed by atoms with Crippen LogP contribution in [0, 0.1) is 47.3 Å². The lowest BCUT2D eigenvalue weighted by Crippen LogP contribution is -2.59. The number of hydrogen-bond acceptors (Lipinski definition) is 8. The molecular weight excluding hydrogens is 945 g/mol. The molecule has 0 aromatic carbocycles. The summed E-state index contributed by atoms with van der Waals surface area (Å²) in [6.07, 6.45) is 30.3. The second-order valence-electron chi connectivity index (χ2n) is 29.7. The van der Waals surface area contributed by atoms with Crippen molar-refractivity contribution in [2.45, 2.75) is 335 Å². The number of carbonyl (C=O) groups is 4. The quantitative estimate of drug-likeness (QED) is 0.119. The van der Waals surface area contributed by atoms with Gasteiger partial charge in [-0.05, 0) is 207 Å². The van der Waals surface area contributed by atoms with Crippen molar-refractivity contribution in [3.63, 3.8) is 0 Å². The van der Waals surface area contributed by atoms with E-state index in [0.29, 0.717) is 24.2 Å². The van der Waals surface area contributed by atoms with Gasteiger partial charge in [0.05, 0.1) is 24.2 Å². The summed E-state index contributed by atoms with van der Waals surface area (Å²) in [5, 5.41) is 27.0. The highest BCUT2D eigenvalue weighted by Gasteiger charge is 2.44. The minimum Gasteiger partial charge on any atom is -0.350 e. The van der Waals surface area contributed by atoms with Crippen LogP contribution in [-0.4, -0.2) is 94.1 Å². The lowest BCUT2D eigenvalue weighted by molar-refractivity contribution is -0.127. The van der Waals surface area contributed by atoms with Crippen LogP contribution in [0.1, 0.15) is 265 Å². The van der Waals surface area contributed by atoms with Crippen LogP contribution < -0.4 is 42.5 Å². The Morgan fingerprint density at radius 3 is 0.645 bits per heavy atom. The van der Waals surface area contributed by atoms with Crippen LogP contribution in [0.4, 0.5) is 0 Å². The van der Waals surface area contributed by atoms with Gasteiger partial charge in [-0.25, -0.2) is 0 Å². The first-order valence-electron chi connectivity index (χ1n) is 31.9. The van der Waals surface area contributed by atoms with Crippen molar-refractivity contribution in [1.82, 2.24) is 42.5 Å². The second kappa shape index (κ2) is 28.9. The molecule has 8 aliphatic rings. The molecule has 8 fully saturated rings. The molecule has 440 valence electrons. The molecule has 4 aliphatic carbocycles. The van der Waals surface area contributed by atoms with E-state index in [2.05, 4.69) is 153 Å². The van der Waals surface area contributed by atoms with Crippen molar-refractivity contribution in [3.8, 4) is 0 Å². The van der Waals surface area contributed by atoms with Gasteiger partial charge in [0.15, 0.2) is 0 Å². The highest BCUT2D eigenvalue weighted by atomic mass is 16.2. The minimum atomic E-state index is -0.135. The van der Waals surface area contributed by atoms with E-state index >= 15 is 0 Å². The number of amides is 4. The summed E-state index contributed by atoms with van der Waals surface area (Å²) in [7, 11) is 0. The number of carbonyl (C=O) groups excluding carboxylic acids is 4. The van der Waals surface area contributed by atoms with Crippen molar-refractivity contribution in [1.29, 1.82) is 0 Å². The monoisotopic (exact) mass is 1060 g/mol. The number of hydrogen-bond donors (Lipinski definition) is 8. The molecule has 8 rings (SSSR count). The topological polar surface area (TPSA) is 165 Å². The van der Waals surface area contributed by atoms with Gasteiger partial charge in [0, 0.05) is 46.3 Å². The smallest absolute Gasteiger partial charge is 0.237 e. The highest BCUT2D eigenvalue weighted by Crippen LogP contribution is 2.43. The summed E-state index contributed by atoms with van der Waals surface area (Å²) >= 11 is 0. The summed E-state index contributed by atoms with van der Waals surface area (Å²) in [6.45, 7) is 33.6. The van der Waals surface area contributed by atoms with Crippen LogP contribution >= 0.6 is 0 Å². The van der Waals surface area contributed by atoms with Crippen LogP contribution in [0.25, 0.3) is 0 Å². The zero-order chi connectivity index (χ0) is 56.2. The third-order valence-electron chi connectivity index (χ3n) is 18.8. The van der Waals surface area contributed by atoms with Crippen LogP contribution in [0.15, 0.2) is 0 Å². The minimum absolute atomic E-state index is 0.0172. The molecule has 0 bridgehead atoms. The first-order chi connectivity index (χ1) is 35.6. The van der Waals surface area contributed by atoms with Gasteiger partial charge in [0.1, 0.15) is 0 Å². The molecule has 12 heteroatoms. The van der Waals surface area contributed by atoms with Gasteiger partial charge >= 0.3 is 0 Å². The largest absolute Gasteiger partial charge is 0.350 e. The maximum atomic E-state index is 12.4. The Bertz CT molecular complexity index is 1510. The van der Waals surface area contributed by atoms with Crippen LogP contribution in [0.3, 0.4) is 0 Å². The first-order valence-corrected chi connectivity index (χ1v) is 31.9. The van der Waals surface area contributed by atoms with Gasteiger partial charge in [-0.15, -0.1) is 0 Å². The molecule has 16 unspecified atom stereocenters. The van der Waals surface area contributed by atoms with E-state index in [1.807, 2.05) is 0 Å². The summed E-state index contributed by atoms with van der Waals surface area (Å²) in [6, 6.07) is 2.22. The third-order valence-corrected chi connectivity index (χ3v) is 18.8. The van der Waals surface area contributed by atoms with Crippen LogP contribution in [0.5, 0.6) is 0 Å². The fourth-order valence-electron chi connectivity index (χ4n) is 15.5. The predicted molar refractivity (Wildman–Crippen MR) is 316 cm³/mol. The van der Waals surface area contributed by atoms with E-state index in [4.69, 9.17) is 0 Å². The molecule has 4 saturated carbocycles. The molecule has 4 amide bonds. The lowest BCUT2D eigenvalue weighted by atomic mass is 9.69. The Morgan fingerprint density at radius 1 is 0.316 bits per heavy atom. The van der Waals surface area contributed by atoms with E-state index in [1.165, 1.54) is 103 Å². The van der Waals surface area contributed by atoms with Gasteiger partial charge < -0.3 is 42.5 Å².